The van der Waals surface area contributed by atoms with Crippen LogP contribution in [0, 0.1) is 6.92 Å². The van der Waals surface area contributed by atoms with Gasteiger partial charge in [0.1, 0.15) is 5.82 Å². The van der Waals surface area contributed by atoms with Crippen molar-refractivity contribution in [3.8, 4) is 0 Å². The first-order chi connectivity index (χ1) is 12.2. The summed E-state index contributed by atoms with van der Waals surface area (Å²) in [6.45, 7) is 2.83. The number of rotatable bonds is 7. The summed E-state index contributed by atoms with van der Waals surface area (Å²) < 4.78 is 1.64. The zero-order valence-electron chi connectivity index (χ0n) is 13.9. The predicted octanol–water partition coefficient (Wildman–Crippen LogP) is 0.809. The van der Waals surface area contributed by atoms with E-state index in [0.717, 1.165) is 5.56 Å². The minimum atomic E-state index is -0.115. The Morgan fingerprint density at radius 1 is 1.20 bits per heavy atom. The number of carbonyl (C=O) groups excluding carboxylic acids is 1. The van der Waals surface area contributed by atoms with Gasteiger partial charge in [0, 0.05) is 25.1 Å². The highest BCUT2D eigenvalue weighted by atomic mass is 16.3. The number of aliphatic hydroxyl groups is 1. The smallest absolute Gasteiger partial charge is 0.251 e. The summed E-state index contributed by atoms with van der Waals surface area (Å²) in [6.07, 6.45) is 0.509. The van der Waals surface area contributed by atoms with Crippen LogP contribution in [0.1, 0.15) is 21.7 Å². The van der Waals surface area contributed by atoms with Gasteiger partial charge in [0.25, 0.3) is 5.91 Å². The Morgan fingerprint density at radius 3 is 2.88 bits per heavy atom. The summed E-state index contributed by atoms with van der Waals surface area (Å²) >= 11 is 0. The van der Waals surface area contributed by atoms with Crippen molar-refractivity contribution in [2.24, 2.45) is 0 Å². The maximum atomic E-state index is 12.2. The molecule has 0 bridgehead atoms. The predicted molar refractivity (Wildman–Crippen MR) is 93.6 cm³/mol. The molecule has 2 heterocycles. The molecular formula is C17H20N6O2. The Morgan fingerprint density at radius 2 is 2.08 bits per heavy atom. The number of hydrogen-bond acceptors (Lipinski definition) is 6. The molecule has 1 aromatic carbocycles. The zero-order valence-corrected chi connectivity index (χ0v) is 13.9. The van der Waals surface area contributed by atoms with Gasteiger partial charge in [-0.05, 0) is 31.2 Å². The van der Waals surface area contributed by atoms with Gasteiger partial charge in [0.05, 0.1) is 6.61 Å². The molecule has 0 atom stereocenters. The summed E-state index contributed by atoms with van der Waals surface area (Å²) in [7, 11) is 0. The maximum absolute atomic E-state index is 12.2. The molecule has 2 aromatic heterocycles. The Kier molecular flexibility index (Phi) is 5.20. The van der Waals surface area contributed by atoms with Crippen LogP contribution >= 0.6 is 0 Å². The van der Waals surface area contributed by atoms with E-state index in [4.69, 9.17) is 5.11 Å². The van der Waals surface area contributed by atoms with Crippen LogP contribution in [0.15, 0.2) is 36.4 Å². The Balaban J connectivity index is 1.63. The molecule has 8 heteroatoms. The summed E-state index contributed by atoms with van der Waals surface area (Å²) in [5.74, 6) is 1.18. The number of nitrogens with one attached hydrogen (secondary N) is 2. The topological polar surface area (TPSA) is 104 Å². The molecule has 25 heavy (non-hydrogen) atoms. The first kappa shape index (κ1) is 16.8. The van der Waals surface area contributed by atoms with E-state index >= 15 is 0 Å². The fourth-order valence-corrected chi connectivity index (χ4v) is 2.44. The second kappa shape index (κ2) is 7.71. The van der Waals surface area contributed by atoms with E-state index in [1.807, 2.05) is 25.1 Å². The third kappa shape index (κ3) is 4.10. The van der Waals surface area contributed by atoms with Gasteiger partial charge in [-0.1, -0.05) is 17.7 Å². The number of hydrogen-bond donors (Lipinski definition) is 3. The largest absolute Gasteiger partial charge is 0.395 e. The van der Waals surface area contributed by atoms with E-state index in [2.05, 4.69) is 25.9 Å². The van der Waals surface area contributed by atoms with Crippen LogP contribution in [0.2, 0.25) is 0 Å². The number of fused-ring (bicyclic) bond motifs is 1. The van der Waals surface area contributed by atoms with E-state index in [1.165, 1.54) is 0 Å². The first-order valence-electron chi connectivity index (χ1n) is 8.08. The van der Waals surface area contributed by atoms with E-state index in [9.17, 15) is 4.79 Å². The average Bonchev–Trinajstić information content (AvgIpc) is 3.02. The molecule has 0 saturated heterocycles. The molecule has 0 radical (unpaired) electrons. The number of aliphatic hydroxyl groups excluding tert-OH is 1. The van der Waals surface area contributed by atoms with Crippen molar-refractivity contribution in [3.05, 3.63) is 53.3 Å². The van der Waals surface area contributed by atoms with Crippen LogP contribution in [0.4, 0.5) is 5.82 Å². The second-order valence-corrected chi connectivity index (χ2v) is 5.63. The fourth-order valence-electron chi connectivity index (χ4n) is 2.44. The van der Waals surface area contributed by atoms with Crippen LogP contribution in [0.3, 0.4) is 0 Å². The standard InChI is InChI=1S/C17H20N6O2/c1-12-3-2-4-13(11-12)17(25)19-8-7-16-21-20-15-6-5-14(18-9-10-24)22-23(15)16/h2-6,11,24H,7-10H2,1H3,(H,18,22)(H,19,25). The van der Waals surface area contributed by atoms with Crippen molar-refractivity contribution in [2.75, 3.05) is 25.0 Å². The van der Waals surface area contributed by atoms with Gasteiger partial charge in [-0.2, -0.15) is 4.52 Å². The van der Waals surface area contributed by atoms with Crippen molar-refractivity contribution in [2.45, 2.75) is 13.3 Å². The summed E-state index contributed by atoms with van der Waals surface area (Å²) in [5.41, 5.74) is 2.32. The molecule has 0 fully saturated rings. The molecule has 0 aliphatic carbocycles. The fraction of sp³-hybridized carbons (Fsp3) is 0.294. The number of amides is 1. The van der Waals surface area contributed by atoms with Crippen LogP contribution in [0.5, 0.6) is 0 Å². The summed E-state index contributed by atoms with van der Waals surface area (Å²) in [6, 6.07) is 11.0. The quantitative estimate of drug-likeness (QED) is 0.588. The van der Waals surface area contributed by atoms with Crippen LogP contribution in [-0.2, 0) is 6.42 Å². The summed E-state index contributed by atoms with van der Waals surface area (Å²) in [5, 5.41) is 27.3. The number of aryl methyl sites for hydroxylation is 1. The van der Waals surface area contributed by atoms with Crippen LogP contribution in [-0.4, -0.2) is 50.5 Å². The average molecular weight is 340 g/mol. The van der Waals surface area contributed by atoms with Crippen molar-refractivity contribution in [3.63, 3.8) is 0 Å². The first-order valence-corrected chi connectivity index (χ1v) is 8.08. The van der Waals surface area contributed by atoms with Crippen molar-refractivity contribution in [1.29, 1.82) is 0 Å². The van der Waals surface area contributed by atoms with E-state index in [1.54, 1.807) is 22.7 Å². The lowest BCUT2D eigenvalue weighted by Crippen LogP contribution is -2.26. The molecule has 0 aliphatic rings. The van der Waals surface area contributed by atoms with Crippen LogP contribution < -0.4 is 10.6 Å². The van der Waals surface area contributed by atoms with Gasteiger partial charge in [0.2, 0.25) is 0 Å². The lowest BCUT2D eigenvalue weighted by Gasteiger charge is -2.06. The molecule has 0 unspecified atom stereocenters. The Hall–Kier alpha value is -3.00. The minimum absolute atomic E-state index is 0.0275. The van der Waals surface area contributed by atoms with E-state index in [0.29, 0.717) is 42.4 Å². The maximum Gasteiger partial charge on any atom is 0.251 e. The highest BCUT2D eigenvalue weighted by Crippen LogP contribution is 2.08. The van der Waals surface area contributed by atoms with Gasteiger partial charge in [-0.15, -0.1) is 15.3 Å². The third-order valence-electron chi connectivity index (χ3n) is 3.66. The summed E-state index contributed by atoms with van der Waals surface area (Å²) in [4.78, 5) is 12.2. The lowest BCUT2D eigenvalue weighted by molar-refractivity contribution is 0.0954. The SMILES string of the molecule is Cc1cccc(C(=O)NCCc2nnc3ccc(NCCO)nn23)c1. The molecule has 130 valence electrons. The van der Waals surface area contributed by atoms with E-state index < -0.39 is 0 Å². The molecule has 1 amide bonds. The highest BCUT2D eigenvalue weighted by Gasteiger charge is 2.09. The lowest BCUT2D eigenvalue weighted by atomic mass is 10.1. The van der Waals surface area contributed by atoms with Gasteiger partial charge in [0.15, 0.2) is 11.5 Å². The van der Waals surface area contributed by atoms with Crippen LogP contribution in [0.25, 0.3) is 5.65 Å². The highest BCUT2D eigenvalue weighted by molar-refractivity contribution is 5.94. The molecule has 8 nitrogen and oxygen atoms in total. The monoisotopic (exact) mass is 340 g/mol. The minimum Gasteiger partial charge on any atom is -0.395 e. The number of nitrogens with zero attached hydrogens (tertiary/aromatic N) is 4. The Labute approximate surface area is 144 Å². The molecule has 3 rings (SSSR count). The number of aromatic nitrogens is 4. The number of anilines is 1. The van der Waals surface area contributed by atoms with Crippen molar-refractivity contribution >= 4 is 17.4 Å². The number of benzene rings is 1. The number of carbonyl (C=O) groups is 1. The molecule has 0 aliphatic heterocycles. The van der Waals surface area contributed by atoms with Gasteiger partial charge in [-0.3, -0.25) is 4.79 Å². The van der Waals surface area contributed by atoms with E-state index in [-0.39, 0.29) is 12.5 Å². The third-order valence-corrected chi connectivity index (χ3v) is 3.66. The Bertz CT molecular complexity index is 876. The van der Waals surface area contributed by atoms with Gasteiger partial charge in [-0.25, -0.2) is 0 Å². The molecule has 0 saturated carbocycles. The molecule has 3 N–H and O–H groups in total. The van der Waals surface area contributed by atoms with Crippen molar-refractivity contribution in [1.82, 2.24) is 25.1 Å². The molecular weight excluding hydrogens is 320 g/mol. The molecule has 3 aromatic rings. The normalized spacial score (nSPS) is 10.8. The van der Waals surface area contributed by atoms with Gasteiger partial charge >= 0.3 is 0 Å². The van der Waals surface area contributed by atoms with Gasteiger partial charge < -0.3 is 15.7 Å². The van der Waals surface area contributed by atoms with Crippen molar-refractivity contribution < 1.29 is 9.90 Å². The molecule has 0 spiro atoms. The second-order valence-electron chi connectivity index (χ2n) is 5.63. The zero-order chi connectivity index (χ0) is 17.6.